The van der Waals surface area contributed by atoms with Gasteiger partial charge in [0.05, 0.1) is 0 Å². The van der Waals surface area contributed by atoms with Crippen LogP contribution >= 0.6 is 0 Å². The zero-order valence-corrected chi connectivity index (χ0v) is 43.9. The van der Waals surface area contributed by atoms with Crippen LogP contribution in [0.5, 0.6) is 0 Å². The first kappa shape index (κ1) is 63.6. The predicted molar refractivity (Wildman–Crippen MR) is 288 cm³/mol. The number of allylic oxidation sites excluding steroid dienone is 14. The van der Waals surface area contributed by atoms with E-state index < -0.39 is 6.10 Å². The number of ether oxygens (including phenoxy) is 3. The average molecular weight is 933 g/mol. The van der Waals surface area contributed by atoms with Crippen molar-refractivity contribution in [2.45, 2.75) is 271 Å². The van der Waals surface area contributed by atoms with Gasteiger partial charge in [-0.15, -0.1) is 0 Å². The Morgan fingerprint density at radius 2 is 0.582 bits per heavy atom. The van der Waals surface area contributed by atoms with Gasteiger partial charge in [-0.25, -0.2) is 0 Å². The van der Waals surface area contributed by atoms with Crippen LogP contribution in [0.25, 0.3) is 0 Å². The second kappa shape index (κ2) is 55.2. The first-order chi connectivity index (χ1) is 33.0. The molecule has 67 heavy (non-hydrogen) atoms. The summed E-state index contributed by atoms with van der Waals surface area (Å²) in [6.45, 7) is 6.47. The molecule has 0 aromatic rings. The van der Waals surface area contributed by atoms with Gasteiger partial charge in [0.2, 0.25) is 0 Å². The maximum atomic E-state index is 12.8. The lowest BCUT2D eigenvalue weighted by Crippen LogP contribution is -2.30. The van der Waals surface area contributed by atoms with Crippen molar-refractivity contribution < 1.29 is 28.6 Å². The van der Waals surface area contributed by atoms with E-state index in [2.05, 4.69) is 106 Å². The zero-order chi connectivity index (χ0) is 48.6. The van der Waals surface area contributed by atoms with E-state index in [9.17, 15) is 14.4 Å². The Bertz CT molecular complexity index is 1250. The molecule has 0 amide bonds. The minimum atomic E-state index is -0.798. The molecule has 0 unspecified atom stereocenters. The van der Waals surface area contributed by atoms with Crippen molar-refractivity contribution in [2.24, 2.45) is 0 Å². The molecule has 0 saturated heterocycles. The molecule has 6 nitrogen and oxygen atoms in total. The van der Waals surface area contributed by atoms with Crippen molar-refractivity contribution in [3.8, 4) is 0 Å². The molecular weight excluding hydrogens is 829 g/mol. The second-order valence-corrected chi connectivity index (χ2v) is 18.5. The molecule has 0 radical (unpaired) electrons. The van der Waals surface area contributed by atoms with Crippen molar-refractivity contribution in [1.29, 1.82) is 0 Å². The van der Waals surface area contributed by atoms with Crippen molar-refractivity contribution in [3.05, 3.63) is 85.1 Å². The summed E-state index contributed by atoms with van der Waals surface area (Å²) in [5.74, 6) is -0.930. The van der Waals surface area contributed by atoms with E-state index in [0.29, 0.717) is 12.8 Å². The molecule has 0 fully saturated rings. The van der Waals surface area contributed by atoms with Crippen molar-refractivity contribution in [2.75, 3.05) is 13.2 Å². The van der Waals surface area contributed by atoms with Gasteiger partial charge in [0.25, 0.3) is 0 Å². The highest BCUT2D eigenvalue weighted by Gasteiger charge is 2.19. The van der Waals surface area contributed by atoms with Gasteiger partial charge in [0.15, 0.2) is 6.10 Å². The van der Waals surface area contributed by atoms with Gasteiger partial charge >= 0.3 is 17.9 Å². The third-order valence-corrected chi connectivity index (χ3v) is 11.9. The number of hydrogen-bond donors (Lipinski definition) is 0. The largest absolute Gasteiger partial charge is 0.462 e. The minimum absolute atomic E-state index is 0.0934. The van der Waals surface area contributed by atoms with Crippen LogP contribution in [0.2, 0.25) is 0 Å². The third-order valence-electron chi connectivity index (χ3n) is 11.9. The van der Waals surface area contributed by atoms with Crippen LogP contribution in [-0.4, -0.2) is 37.2 Å². The Balaban J connectivity index is 4.46. The monoisotopic (exact) mass is 933 g/mol. The summed E-state index contributed by atoms with van der Waals surface area (Å²) in [5.41, 5.74) is 0. The summed E-state index contributed by atoms with van der Waals surface area (Å²) in [6, 6.07) is 0. The molecule has 0 atom stereocenters. The number of unbranched alkanes of at least 4 members (excludes halogenated alkanes) is 25. The van der Waals surface area contributed by atoms with Crippen LogP contribution in [0.1, 0.15) is 265 Å². The Morgan fingerprint density at radius 1 is 0.313 bits per heavy atom. The molecule has 0 heterocycles. The van der Waals surface area contributed by atoms with Crippen LogP contribution in [0.15, 0.2) is 85.1 Å². The summed E-state index contributed by atoms with van der Waals surface area (Å²) in [4.78, 5) is 38.1. The highest BCUT2D eigenvalue weighted by Crippen LogP contribution is 2.14. The van der Waals surface area contributed by atoms with E-state index in [1.807, 2.05) is 0 Å². The van der Waals surface area contributed by atoms with Gasteiger partial charge < -0.3 is 14.2 Å². The smallest absolute Gasteiger partial charge is 0.306 e. The molecule has 6 heteroatoms. The molecule has 0 bridgehead atoms. The second-order valence-electron chi connectivity index (χ2n) is 18.5. The summed E-state index contributed by atoms with van der Waals surface area (Å²) in [7, 11) is 0. The van der Waals surface area contributed by atoms with Crippen LogP contribution in [-0.2, 0) is 28.6 Å². The Kier molecular flexibility index (Phi) is 52.4. The molecule has 0 aromatic carbocycles. The fraction of sp³-hybridized carbons (Fsp3) is 0.721. The summed E-state index contributed by atoms with van der Waals surface area (Å²) >= 11 is 0. The molecular formula is C61H104O6. The average Bonchev–Trinajstić information content (AvgIpc) is 3.33. The number of carbonyl (C=O) groups excluding carboxylic acids is 3. The van der Waals surface area contributed by atoms with E-state index in [-0.39, 0.29) is 37.5 Å². The highest BCUT2D eigenvalue weighted by molar-refractivity contribution is 5.71. The number of esters is 3. The van der Waals surface area contributed by atoms with E-state index in [0.717, 1.165) is 96.3 Å². The van der Waals surface area contributed by atoms with Crippen LogP contribution < -0.4 is 0 Å². The molecule has 0 aliphatic carbocycles. The molecule has 0 aromatic heterocycles. The van der Waals surface area contributed by atoms with E-state index in [1.165, 1.54) is 128 Å². The number of carbonyl (C=O) groups is 3. The van der Waals surface area contributed by atoms with Gasteiger partial charge in [-0.1, -0.05) is 215 Å². The molecule has 0 spiro atoms. The lowest BCUT2D eigenvalue weighted by atomic mass is 10.1. The standard InChI is InChI=1S/C61H104O6/c1-4-7-10-13-16-19-22-25-28-29-30-31-34-37-40-43-46-49-52-55-61(64)67-58(56-65-59(62)53-50-47-44-41-38-35-32-26-23-20-17-14-11-8-5-2)57-66-60(63)54-51-48-45-42-39-36-33-27-24-21-18-15-12-9-6-3/h7,10,16,19-21,23-25,28,30-31,37,40,58H,4-6,8-9,11-15,17-18,22,26-27,29,32-36,38-39,41-57H2,1-3H3/b10-7-,19-16-,23-20-,24-21-,28-25-,31-30-,40-37-. The highest BCUT2D eigenvalue weighted by atomic mass is 16.6. The minimum Gasteiger partial charge on any atom is -0.462 e. The summed E-state index contributed by atoms with van der Waals surface area (Å²) in [5, 5.41) is 0. The first-order valence-corrected chi connectivity index (χ1v) is 28.1. The topological polar surface area (TPSA) is 78.9 Å². The quantitative estimate of drug-likeness (QED) is 0.0262. The fourth-order valence-corrected chi connectivity index (χ4v) is 7.63. The number of hydrogen-bond acceptors (Lipinski definition) is 6. The van der Waals surface area contributed by atoms with Gasteiger partial charge in [-0.2, -0.15) is 0 Å². The van der Waals surface area contributed by atoms with Gasteiger partial charge in [0, 0.05) is 19.3 Å². The molecule has 0 aliphatic rings. The molecule has 0 rings (SSSR count). The lowest BCUT2D eigenvalue weighted by molar-refractivity contribution is -0.167. The van der Waals surface area contributed by atoms with Crippen LogP contribution in [0.3, 0.4) is 0 Å². The summed E-state index contributed by atoms with van der Waals surface area (Å²) in [6.07, 6.45) is 71.3. The van der Waals surface area contributed by atoms with Gasteiger partial charge in [-0.05, 0) is 116 Å². The Morgan fingerprint density at radius 3 is 0.940 bits per heavy atom. The lowest BCUT2D eigenvalue weighted by Gasteiger charge is -2.18. The first-order valence-electron chi connectivity index (χ1n) is 28.1. The van der Waals surface area contributed by atoms with Gasteiger partial charge in [-0.3, -0.25) is 14.4 Å². The maximum Gasteiger partial charge on any atom is 0.306 e. The molecule has 384 valence electrons. The molecule has 0 saturated carbocycles. The Hall–Kier alpha value is -3.41. The van der Waals surface area contributed by atoms with E-state index in [1.54, 1.807) is 0 Å². The van der Waals surface area contributed by atoms with E-state index >= 15 is 0 Å². The van der Waals surface area contributed by atoms with E-state index in [4.69, 9.17) is 14.2 Å². The zero-order valence-electron chi connectivity index (χ0n) is 43.9. The fourth-order valence-electron chi connectivity index (χ4n) is 7.63. The molecule has 0 N–H and O–H groups in total. The van der Waals surface area contributed by atoms with Gasteiger partial charge in [0.1, 0.15) is 13.2 Å². The maximum absolute atomic E-state index is 12.8. The van der Waals surface area contributed by atoms with Crippen LogP contribution in [0, 0.1) is 0 Å². The third kappa shape index (κ3) is 53.4. The van der Waals surface area contributed by atoms with Crippen LogP contribution in [0.4, 0.5) is 0 Å². The number of rotatable bonds is 50. The Labute approximate surface area is 414 Å². The van der Waals surface area contributed by atoms with Crippen molar-refractivity contribution in [3.63, 3.8) is 0 Å². The van der Waals surface area contributed by atoms with Crippen molar-refractivity contribution in [1.82, 2.24) is 0 Å². The predicted octanol–water partition coefficient (Wildman–Crippen LogP) is 18.8. The molecule has 0 aliphatic heterocycles. The summed E-state index contributed by atoms with van der Waals surface area (Å²) < 4.78 is 16.8. The van der Waals surface area contributed by atoms with Crippen molar-refractivity contribution >= 4 is 17.9 Å². The normalized spacial score (nSPS) is 12.3. The SMILES string of the molecule is CC/C=C\C/C=C\C/C=C\C/C=C\C/C=C\CCCCCC(=O)OC(COC(=O)CCCCCCCCC/C=C\CCCCCC)COC(=O)CCCCCCCCC/C=C\CCCCCC.